The van der Waals surface area contributed by atoms with Crippen LogP contribution in [0.4, 0.5) is 0 Å². The number of nitrogens with one attached hydrogen (secondary N) is 1. The van der Waals surface area contributed by atoms with E-state index in [1.165, 1.54) is 19.3 Å². The largest absolute Gasteiger partial charge is 0.329 e. The summed E-state index contributed by atoms with van der Waals surface area (Å²) in [6.07, 6.45) is 3.98. The molecule has 0 radical (unpaired) electrons. The summed E-state index contributed by atoms with van der Waals surface area (Å²) in [5.74, 6) is 0.804. The van der Waals surface area contributed by atoms with Crippen LogP contribution in [0, 0.1) is 21.5 Å². The van der Waals surface area contributed by atoms with Gasteiger partial charge in [0.1, 0.15) is 0 Å². The molecular weight excluding hydrogens is 300 g/mol. The fourth-order valence-corrected chi connectivity index (χ4v) is 5.81. The Labute approximate surface area is 135 Å². The van der Waals surface area contributed by atoms with E-state index in [-0.39, 0.29) is 5.41 Å². The van der Waals surface area contributed by atoms with E-state index in [1.807, 2.05) is 12.1 Å². The molecule has 2 nitrogen and oxygen atoms in total. The molecule has 21 heavy (non-hydrogen) atoms. The predicted octanol–water partition coefficient (Wildman–Crippen LogP) is 5.74. The minimum absolute atomic E-state index is 0.280. The van der Waals surface area contributed by atoms with E-state index in [1.54, 1.807) is 0 Å². The van der Waals surface area contributed by atoms with Gasteiger partial charge in [0, 0.05) is 6.04 Å². The molecule has 2 bridgehead atoms. The molecule has 3 unspecified atom stereocenters. The van der Waals surface area contributed by atoms with Crippen LogP contribution in [-0.2, 0) is 0 Å². The van der Waals surface area contributed by atoms with Gasteiger partial charge in [-0.15, -0.1) is 0 Å². The molecule has 2 aliphatic rings. The maximum atomic E-state index is 6.34. The van der Waals surface area contributed by atoms with Crippen LogP contribution >= 0.6 is 23.8 Å². The molecule has 0 spiro atoms. The number of fused-ring (bicyclic) bond motifs is 3. The molecule has 2 fully saturated rings. The maximum Gasteiger partial charge on any atom is 0.178 e. The summed E-state index contributed by atoms with van der Waals surface area (Å²) in [6.45, 7) is 7.27. The van der Waals surface area contributed by atoms with Crippen LogP contribution in [0.5, 0.6) is 0 Å². The van der Waals surface area contributed by atoms with E-state index in [2.05, 4.69) is 36.4 Å². The fourth-order valence-electron chi connectivity index (χ4n) is 5.29. The van der Waals surface area contributed by atoms with Gasteiger partial charge < -0.3 is 9.55 Å². The Hall–Kier alpha value is -0.800. The first-order valence-electron chi connectivity index (χ1n) is 7.73. The average Bonchev–Trinajstić information content (AvgIpc) is 2.99. The topological polar surface area (TPSA) is 20.7 Å². The highest BCUT2D eigenvalue weighted by atomic mass is 35.5. The molecule has 1 aromatic carbocycles. The molecule has 112 valence electrons. The number of imidazole rings is 1. The maximum absolute atomic E-state index is 6.34. The minimum Gasteiger partial charge on any atom is -0.329 e. The van der Waals surface area contributed by atoms with Crippen molar-refractivity contribution in [3.05, 3.63) is 28.0 Å². The molecule has 3 atom stereocenters. The van der Waals surface area contributed by atoms with Crippen molar-refractivity contribution in [2.75, 3.05) is 0 Å². The van der Waals surface area contributed by atoms with Crippen LogP contribution in [0.15, 0.2) is 18.2 Å². The molecule has 4 heteroatoms. The highest BCUT2D eigenvalue weighted by Gasteiger charge is 2.60. The zero-order valence-corrected chi connectivity index (χ0v) is 14.3. The summed E-state index contributed by atoms with van der Waals surface area (Å²) >= 11 is 12.0. The van der Waals surface area contributed by atoms with Crippen molar-refractivity contribution in [3.8, 4) is 0 Å². The van der Waals surface area contributed by atoms with Gasteiger partial charge in [-0.2, -0.15) is 0 Å². The van der Waals surface area contributed by atoms with Crippen LogP contribution in [0.25, 0.3) is 11.0 Å². The SMILES string of the molecule is CC12CCC(C1)C(C)(C)C2n1c(=S)[nH]c2c(Cl)cccc21. The van der Waals surface area contributed by atoms with Crippen LogP contribution in [0.1, 0.15) is 46.1 Å². The lowest BCUT2D eigenvalue weighted by Gasteiger charge is -2.43. The normalized spacial score (nSPS) is 33.9. The first kappa shape index (κ1) is 13.8. The second-order valence-corrected chi connectivity index (χ2v) is 8.55. The summed E-state index contributed by atoms with van der Waals surface area (Å²) < 4.78 is 3.17. The first-order valence-corrected chi connectivity index (χ1v) is 8.52. The Kier molecular flexibility index (Phi) is 2.73. The van der Waals surface area contributed by atoms with Crippen molar-refractivity contribution in [1.29, 1.82) is 0 Å². The predicted molar refractivity (Wildman–Crippen MR) is 90.4 cm³/mol. The summed E-state index contributed by atoms with van der Waals surface area (Å²) in [5.41, 5.74) is 2.76. The molecule has 0 amide bonds. The van der Waals surface area contributed by atoms with Crippen molar-refractivity contribution in [2.24, 2.45) is 16.7 Å². The summed E-state index contributed by atoms with van der Waals surface area (Å²) in [5, 5.41) is 0.753. The number of rotatable bonds is 1. The van der Waals surface area contributed by atoms with Gasteiger partial charge in [-0.1, -0.05) is 38.4 Å². The zero-order chi connectivity index (χ0) is 15.0. The number of benzene rings is 1. The Balaban J connectivity index is 2.01. The Bertz CT molecular complexity index is 783. The molecule has 2 aromatic rings. The van der Waals surface area contributed by atoms with Crippen molar-refractivity contribution in [1.82, 2.24) is 9.55 Å². The number of hydrogen-bond acceptors (Lipinski definition) is 1. The fraction of sp³-hybridized carbons (Fsp3) is 0.588. The minimum atomic E-state index is 0.280. The number of halogens is 1. The number of nitrogens with zero attached hydrogens (tertiary/aromatic N) is 1. The second kappa shape index (κ2) is 4.14. The van der Waals surface area contributed by atoms with Crippen LogP contribution in [-0.4, -0.2) is 9.55 Å². The highest BCUT2D eigenvalue weighted by Crippen LogP contribution is 2.68. The molecule has 1 aromatic heterocycles. The third kappa shape index (κ3) is 1.68. The van der Waals surface area contributed by atoms with E-state index >= 15 is 0 Å². The van der Waals surface area contributed by atoms with E-state index in [9.17, 15) is 0 Å². The Morgan fingerprint density at radius 1 is 1.33 bits per heavy atom. The van der Waals surface area contributed by atoms with Crippen molar-refractivity contribution in [2.45, 2.75) is 46.1 Å². The van der Waals surface area contributed by atoms with E-state index in [0.717, 1.165) is 26.7 Å². The summed E-state index contributed by atoms with van der Waals surface area (Å²) in [7, 11) is 0. The van der Waals surface area contributed by atoms with E-state index in [4.69, 9.17) is 23.8 Å². The van der Waals surface area contributed by atoms with Gasteiger partial charge in [0.05, 0.1) is 16.1 Å². The number of hydrogen-bond donors (Lipinski definition) is 1. The van der Waals surface area contributed by atoms with Gasteiger partial charge in [-0.25, -0.2) is 0 Å². The lowest BCUT2D eigenvalue weighted by molar-refractivity contribution is 0.0855. The molecule has 0 saturated heterocycles. The van der Waals surface area contributed by atoms with Crippen LogP contribution in [0.3, 0.4) is 0 Å². The third-order valence-electron chi connectivity index (χ3n) is 6.15. The van der Waals surface area contributed by atoms with E-state index in [0.29, 0.717) is 11.5 Å². The van der Waals surface area contributed by atoms with Gasteiger partial charge in [0.15, 0.2) is 4.77 Å². The molecule has 1 heterocycles. The highest BCUT2D eigenvalue weighted by molar-refractivity contribution is 7.71. The standard InChI is InChI=1S/C17H21ClN2S/c1-16(2)10-7-8-17(3,9-10)14(16)20-12-6-4-5-11(18)13(12)19-15(20)21/h4-6,10,14H,7-9H2,1-3H3,(H,19,21). The van der Waals surface area contributed by atoms with Crippen molar-refractivity contribution >= 4 is 34.9 Å². The quantitative estimate of drug-likeness (QED) is 0.664. The Morgan fingerprint density at radius 2 is 2.10 bits per heavy atom. The molecule has 4 rings (SSSR count). The van der Waals surface area contributed by atoms with Crippen LogP contribution in [0.2, 0.25) is 5.02 Å². The summed E-state index contributed by atoms with van der Waals surface area (Å²) in [6, 6.07) is 6.53. The molecule has 2 aliphatic carbocycles. The van der Waals surface area contributed by atoms with Gasteiger partial charge in [-0.05, 0) is 60.4 Å². The number of aromatic amines is 1. The molecule has 0 aliphatic heterocycles. The lowest BCUT2D eigenvalue weighted by atomic mass is 9.68. The Morgan fingerprint density at radius 3 is 2.76 bits per heavy atom. The summed E-state index contributed by atoms with van der Waals surface area (Å²) in [4.78, 5) is 3.33. The smallest absolute Gasteiger partial charge is 0.178 e. The number of aromatic nitrogens is 2. The van der Waals surface area contributed by atoms with Crippen molar-refractivity contribution in [3.63, 3.8) is 0 Å². The molecule has 1 N–H and O–H groups in total. The van der Waals surface area contributed by atoms with Gasteiger partial charge in [0.2, 0.25) is 0 Å². The van der Waals surface area contributed by atoms with Gasteiger partial charge >= 0.3 is 0 Å². The number of para-hydroxylation sites is 1. The average molecular weight is 321 g/mol. The third-order valence-corrected chi connectivity index (χ3v) is 6.77. The first-order chi connectivity index (χ1) is 9.84. The van der Waals surface area contributed by atoms with Crippen molar-refractivity contribution < 1.29 is 0 Å². The van der Waals surface area contributed by atoms with E-state index < -0.39 is 0 Å². The van der Waals surface area contributed by atoms with Crippen LogP contribution < -0.4 is 0 Å². The molecule has 2 saturated carbocycles. The van der Waals surface area contributed by atoms with Gasteiger partial charge in [0.25, 0.3) is 0 Å². The zero-order valence-electron chi connectivity index (χ0n) is 12.7. The monoisotopic (exact) mass is 320 g/mol. The lowest BCUT2D eigenvalue weighted by Crippen LogP contribution is -2.37. The van der Waals surface area contributed by atoms with Gasteiger partial charge in [-0.3, -0.25) is 0 Å². The second-order valence-electron chi connectivity index (χ2n) is 7.75. The number of H-pyrrole nitrogens is 1. The molecular formula is C17H21ClN2S.